The second-order valence-electron chi connectivity index (χ2n) is 7.31. The first-order chi connectivity index (χ1) is 14.0. The van der Waals surface area contributed by atoms with E-state index in [9.17, 15) is 21.6 Å². The van der Waals surface area contributed by atoms with Gasteiger partial charge < -0.3 is 9.88 Å². The van der Waals surface area contributed by atoms with Gasteiger partial charge in [-0.1, -0.05) is 19.4 Å². The summed E-state index contributed by atoms with van der Waals surface area (Å²) in [6.45, 7) is 2.74. The Labute approximate surface area is 177 Å². The zero-order valence-electron chi connectivity index (χ0n) is 17.0. The van der Waals surface area contributed by atoms with E-state index in [1.54, 1.807) is 26.1 Å². The van der Waals surface area contributed by atoms with E-state index < -0.39 is 26.0 Å². The van der Waals surface area contributed by atoms with Gasteiger partial charge in [-0.25, -0.2) is 22.0 Å². The Balaban J connectivity index is 1.87. The maximum Gasteiger partial charge on any atom is 0.272 e. The molecule has 11 heteroatoms. The number of nitrogens with zero attached hydrogens (tertiary/aromatic N) is 2. The third kappa shape index (κ3) is 4.59. The monoisotopic (exact) mass is 454 g/mol. The van der Waals surface area contributed by atoms with Crippen molar-refractivity contribution in [3.63, 3.8) is 0 Å². The fourth-order valence-electron chi connectivity index (χ4n) is 3.54. The average molecular weight is 455 g/mol. The van der Waals surface area contributed by atoms with Gasteiger partial charge in [0.25, 0.3) is 5.91 Å². The molecule has 2 aromatic rings. The van der Waals surface area contributed by atoms with Crippen molar-refractivity contribution in [2.75, 3.05) is 18.4 Å². The normalized spacial score (nSPS) is 15.8. The number of nitrogens with one attached hydrogen (secondary N) is 1. The molecule has 0 aliphatic carbocycles. The van der Waals surface area contributed by atoms with E-state index in [-0.39, 0.29) is 21.2 Å². The number of hydrogen-bond donors (Lipinski definition) is 2. The molecular weight excluding hydrogens is 428 g/mol. The molecule has 0 radical (unpaired) electrons. The largest absolute Gasteiger partial charge is 0.345 e. The summed E-state index contributed by atoms with van der Waals surface area (Å²) in [5, 5.41) is 7.89. The van der Waals surface area contributed by atoms with Crippen LogP contribution in [0.25, 0.3) is 0 Å². The molecule has 30 heavy (non-hydrogen) atoms. The Hall–Kier alpha value is -2.21. The minimum atomic E-state index is -3.95. The molecule has 1 aromatic carbocycles. The number of hydrogen-bond acceptors (Lipinski definition) is 5. The van der Waals surface area contributed by atoms with Crippen molar-refractivity contribution >= 4 is 31.6 Å². The molecule has 0 unspecified atom stereocenters. The summed E-state index contributed by atoms with van der Waals surface area (Å²) >= 11 is 0. The van der Waals surface area contributed by atoms with Crippen molar-refractivity contribution in [1.82, 2.24) is 8.87 Å². The van der Waals surface area contributed by atoms with Gasteiger partial charge in [-0.2, -0.15) is 4.31 Å². The SMILES string of the molecule is CCc1ccc(NC(=O)c2cc(S(=O)(=O)N3CCCCC3)cn2C)cc1S(N)(=O)=O. The summed E-state index contributed by atoms with van der Waals surface area (Å²) in [5.41, 5.74) is 0.939. The second-order valence-corrected chi connectivity index (χ2v) is 10.8. The van der Waals surface area contributed by atoms with E-state index in [0.717, 1.165) is 19.3 Å². The number of anilines is 1. The molecule has 1 aliphatic rings. The lowest BCUT2D eigenvalue weighted by molar-refractivity contribution is 0.101. The molecule has 3 N–H and O–H groups in total. The van der Waals surface area contributed by atoms with Crippen LogP contribution >= 0.6 is 0 Å². The molecule has 0 atom stereocenters. The minimum absolute atomic E-state index is 0.0527. The molecular formula is C19H26N4O5S2. The molecule has 0 spiro atoms. The van der Waals surface area contributed by atoms with E-state index in [0.29, 0.717) is 25.1 Å². The number of amides is 1. The van der Waals surface area contributed by atoms with Crippen molar-refractivity contribution < 1.29 is 21.6 Å². The van der Waals surface area contributed by atoms with Gasteiger partial charge >= 0.3 is 0 Å². The highest BCUT2D eigenvalue weighted by Crippen LogP contribution is 2.24. The Morgan fingerprint density at radius 1 is 1.10 bits per heavy atom. The molecule has 1 aromatic heterocycles. The summed E-state index contributed by atoms with van der Waals surface area (Å²) in [4.78, 5) is 12.8. The van der Waals surface area contributed by atoms with Gasteiger partial charge in [0.15, 0.2) is 0 Å². The zero-order chi connectivity index (χ0) is 22.1. The van der Waals surface area contributed by atoms with E-state index in [1.165, 1.54) is 27.2 Å². The van der Waals surface area contributed by atoms with Gasteiger partial charge in [-0.15, -0.1) is 0 Å². The number of nitrogens with two attached hydrogens (primary N) is 1. The van der Waals surface area contributed by atoms with Crippen LogP contribution < -0.4 is 10.5 Å². The van der Waals surface area contributed by atoms with Gasteiger partial charge in [0.05, 0.1) is 4.90 Å². The smallest absolute Gasteiger partial charge is 0.272 e. The lowest BCUT2D eigenvalue weighted by Gasteiger charge is -2.25. The third-order valence-corrected chi connectivity index (χ3v) is 8.03. The molecule has 2 heterocycles. The maximum absolute atomic E-state index is 12.9. The summed E-state index contributed by atoms with van der Waals surface area (Å²) in [7, 11) is -6.03. The third-order valence-electron chi connectivity index (χ3n) is 5.18. The maximum atomic E-state index is 12.9. The highest BCUT2D eigenvalue weighted by Gasteiger charge is 2.28. The number of rotatable bonds is 6. The fraction of sp³-hybridized carbons (Fsp3) is 0.421. The number of carbonyl (C=O) groups is 1. The Kier molecular flexibility index (Phi) is 6.37. The predicted molar refractivity (Wildman–Crippen MR) is 113 cm³/mol. The van der Waals surface area contributed by atoms with Crippen LogP contribution in [0.2, 0.25) is 0 Å². The summed E-state index contributed by atoms with van der Waals surface area (Å²) in [6.07, 6.45) is 4.52. The van der Waals surface area contributed by atoms with Crippen molar-refractivity contribution in [2.24, 2.45) is 12.2 Å². The fourth-order valence-corrected chi connectivity index (χ4v) is 6.00. The number of primary sulfonamides is 1. The average Bonchev–Trinajstić information content (AvgIpc) is 3.10. The molecule has 1 amide bonds. The van der Waals surface area contributed by atoms with Crippen molar-refractivity contribution in [1.29, 1.82) is 0 Å². The van der Waals surface area contributed by atoms with Gasteiger partial charge in [-0.05, 0) is 43.0 Å². The summed E-state index contributed by atoms with van der Waals surface area (Å²) in [6, 6.07) is 5.81. The van der Waals surface area contributed by atoms with Crippen LogP contribution in [0.15, 0.2) is 40.3 Å². The van der Waals surface area contributed by atoms with Gasteiger partial charge in [0.2, 0.25) is 20.0 Å². The van der Waals surface area contributed by atoms with E-state index in [4.69, 9.17) is 5.14 Å². The molecule has 164 valence electrons. The summed E-state index contributed by atoms with van der Waals surface area (Å²) < 4.78 is 52.3. The quantitative estimate of drug-likeness (QED) is 0.685. The number of piperidine rings is 1. The van der Waals surface area contributed by atoms with E-state index in [1.807, 2.05) is 0 Å². The molecule has 9 nitrogen and oxygen atoms in total. The van der Waals surface area contributed by atoms with Crippen molar-refractivity contribution in [3.8, 4) is 0 Å². The first kappa shape index (κ1) is 22.5. The van der Waals surface area contributed by atoms with Gasteiger partial charge in [0.1, 0.15) is 10.6 Å². The van der Waals surface area contributed by atoms with Crippen LogP contribution in [0, 0.1) is 0 Å². The topological polar surface area (TPSA) is 132 Å². The van der Waals surface area contributed by atoms with Crippen molar-refractivity contribution in [3.05, 3.63) is 41.7 Å². The highest BCUT2D eigenvalue weighted by molar-refractivity contribution is 7.89. The highest BCUT2D eigenvalue weighted by atomic mass is 32.2. The number of aromatic nitrogens is 1. The lowest BCUT2D eigenvalue weighted by Crippen LogP contribution is -2.35. The molecule has 0 bridgehead atoms. The Morgan fingerprint density at radius 2 is 1.77 bits per heavy atom. The Bertz CT molecular complexity index is 1160. The zero-order valence-corrected chi connectivity index (χ0v) is 18.6. The van der Waals surface area contributed by atoms with Crippen LogP contribution in [0.3, 0.4) is 0 Å². The van der Waals surface area contributed by atoms with Crippen LogP contribution in [0.5, 0.6) is 0 Å². The summed E-state index contributed by atoms with van der Waals surface area (Å²) in [5.74, 6) is -0.554. The van der Waals surface area contributed by atoms with Gasteiger partial charge in [-0.3, -0.25) is 4.79 Å². The van der Waals surface area contributed by atoms with E-state index in [2.05, 4.69) is 5.32 Å². The number of aryl methyl sites for hydroxylation is 2. The van der Waals surface area contributed by atoms with Crippen LogP contribution in [-0.2, 0) is 33.5 Å². The molecule has 0 saturated carbocycles. The molecule has 1 fully saturated rings. The second kappa shape index (κ2) is 8.50. The number of carbonyl (C=O) groups excluding carboxylic acids is 1. The molecule has 1 aliphatic heterocycles. The molecule has 1 saturated heterocycles. The van der Waals surface area contributed by atoms with Gasteiger partial charge in [0, 0.05) is 32.0 Å². The van der Waals surface area contributed by atoms with Crippen LogP contribution in [0.1, 0.15) is 42.2 Å². The first-order valence-corrected chi connectivity index (χ1v) is 12.7. The predicted octanol–water partition coefficient (Wildman–Crippen LogP) is 1.66. The van der Waals surface area contributed by atoms with Crippen molar-refractivity contribution in [2.45, 2.75) is 42.4 Å². The Morgan fingerprint density at radius 3 is 2.37 bits per heavy atom. The molecule has 3 rings (SSSR count). The standard InChI is InChI=1S/C19H26N4O5S2/c1-3-14-7-8-15(11-18(14)29(20,25)26)21-19(24)17-12-16(13-22(17)2)30(27,28)23-9-5-4-6-10-23/h7-8,11-13H,3-6,9-10H2,1-2H3,(H,21,24)(H2,20,25,26). The minimum Gasteiger partial charge on any atom is -0.345 e. The van der Waals surface area contributed by atoms with Crippen LogP contribution in [-0.4, -0.2) is 44.7 Å². The van der Waals surface area contributed by atoms with Crippen LogP contribution in [0.4, 0.5) is 5.69 Å². The van der Waals surface area contributed by atoms with E-state index >= 15 is 0 Å². The lowest BCUT2D eigenvalue weighted by atomic mass is 10.1. The number of benzene rings is 1. The first-order valence-electron chi connectivity index (χ1n) is 9.67. The number of sulfonamides is 2.